The smallest absolute Gasteiger partial charge is 0.0575 e. The van der Waals surface area contributed by atoms with Crippen LogP contribution in [0.2, 0.25) is 0 Å². The molecule has 0 aliphatic carbocycles. The van der Waals surface area contributed by atoms with Crippen LogP contribution in [0, 0.1) is 0 Å². The molecule has 108 valence electrons. The van der Waals surface area contributed by atoms with Gasteiger partial charge in [0.25, 0.3) is 0 Å². The van der Waals surface area contributed by atoms with Gasteiger partial charge in [-0.05, 0) is 31.2 Å². The van der Waals surface area contributed by atoms with Crippen LogP contribution in [0.15, 0.2) is 30.3 Å². The number of rotatable bonds is 11. The molecule has 0 N–H and O–H groups in total. The molecule has 0 amide bonds. The Morgan fingerprint density at radius 2 is 1.53 bits per heavy atom. The van der Waals surface area contributed by atoms with Crippen LogP contribution in [0.5, 0.6) is 0 Å². The second-order valence-corrected chi connectivity index (χ2v) is 5.37. The van der Waals surface area contributed by atoms with Gasteiger partial charge in [0.1, 0.15) is 0 Å². The van der Waals surface area contributed by atoms with Crippen molar-refractivity contribution in [2.45, 2.75) is 71.3 Å². The lowest BCUT2D eigenvalue weighted by Gasteiger charge is -2.17. The minimum absolute atomic E-state index is 0.496. The summed E-state index contributed by atoms with van der Waals surface area (Å²) in [4.78, 5) is 0. The van der Waals surface area contributed by atoms with Gasteiger partial charge in [-0.25, -0.2) is 0 Å². The van der Waals surface area contributed by atoms with Crippen molar-refractivity contribution < 1.29 is 4.74 Å². The molecule has 19 heavy (non-hydrogen) atoms. The van der Waals surface area contributed by atoms with Crippen molar-refractivity contribution >= 4 is 0 Å². The molecule has 0 spiro atoms. The largest absolute Gasteiger partial charge is 0.378 e. The molecule has 0 aliphatic rings. The average Bonchev–Trinajstić information content (AvgIpc) is 2.46. The van der Waals surface area contributed by atoms with Crippen molar-refractivity contribution in [3.63, 3.8) is 0 Å². The first-order valence-corrected chi connectivity index (χ1v) is 8.02. The quantitative estimate of drug-likeness (QED) is 0.486. The zero-order chi connectivity index (χ0) is 13.8. The minimum Gasteiger partial charge on any atom is -0.378 e. The Morgan fingerprint density at radius 3 is 2.11 bits per heavy atom. The lowest BCUT2D eigenvalue weighted by molar-refractivity contribution is 0.0375. The van der Waals surface area contributed by atoms with Crippen LogP contribution in [0.4, 0.5) is 0 Å². The number of benzene rings is 1. The molecule has 0 aliphatic heterocycles. The van der Waals surface area contributed by atoms with E-state index in [1.807, 2.05) is 0 Å². The molecule has 0 unspecified atom stereocenters. The maximum absolute atomic E-state index is 6.07. The number of unbranched alkanes of at least 4 members (excludes halogenated alkanes) is 2. The summed E-state index contributed by atoms with van der Waals surface area (Å²) in [7, 11) is 0. The lowest BCUT2D eigenvalue weighted by atomic mass is 10.1. The zero-order valence-electron chi connectivity index (χ0n) is 12.7. The van der Waals surface area contributed by atoms with E-state index < -0.39 is 0 Å². The van der Waals surface area contributed by atoms with Crippen molar-refractivity contribution in [3.8, 4) is 0 Å². The van der Waals surface area contributed by atoms with Crippen molar-refractivity contribution in [1.29, 1.82) is 0 Å². The molecule has 1 heteroatoms. The number of hydrogen-bond acceptors (Lipinski definition) is 1. The summed E-state index contributed by atoms with van der Waals surface area (Å²) in [6.07, 6.45) is 10.4. The summed E-state index contributed by atoms with van der Waals surface area (Å²) in [5.74, 6) is 0. The molecule has 0 heterocycles. The van der Waals surface area contributed by atoms with E-state index in [0.717, 1.165) is 19.4 Å². The van der Waals surface area contributed by atoms with E-state index in [2.05, 4.69) is 44.2 Å². The topological polar surface area (TPSA) is 9.23 Å². The van der Waals surface area contributed by atoms with Crippen LogP contribution in [0.3, 0.4) is 0 Å². The highest BCUT2D eigenvalue weighted by molar-refractivity contribution is 5.14. The van der Waals surface area contributed by atoms with Crippen LogP contribution in [0.1, 0.15) is 64.4 Å². The molecule has 0 saturated heterocycles. The van der Waals surface area contributed by atoms with Crippen LogP contribution >= 0.6 is 0 Å². The van der Waals surface area contributed by atoms with E-state index in [1.165, 1.54) is 44.1 Å². The predicted octanol–water partition coefficient (Wildman–Crippen LogP) is 5.38. The van der Waals surface area contributed by atoms with Crippen molar-refractivity contribution in [2.24, 2.45) is 0 Å². The fourth-order valence-corrected chi connectivity index (χ4v) is 2.35. The SMILES string of the molecule is CCCCC(CCCC)OCCCc1ccccc1. The van der Waals surface area contributed by atoms with Crippen LogP contribution < -0.4 is 0 Å². The Kier molecular flexibility index (Phi) is 9.44. The second-order valence-electron chi connectivity index (χ2n) is 5.37. The van der Waals surface area contributed by atoms with E-state index >= 15 is 0 Å². The molecule has 0 aromatic heterocycles. The molecular weight excluding hydrogens is 232 g/mol. The fraction of sp³-hybridized carbons (Fsp3) is 0.667. The van der Waals surface area contributed by atoms with Gasteiger partial charge in [-0.1, -0.05) is 69.9 Å². The second kappa shape index (κ2) is 11.0. The molecule has 0 saturated carbocycles. The highest BCUT2D eigenvalue weighted by atomic mass is 16.5. The average molecular weight is 262 g/mol. The summed E-state index contributed by atoms with van der Waals surface area (Å²) < 4.78 is 6.07. The molecule has 1 aromatic carbocycles. The van der Waals surface area contributed by atoms with E-state index in [0.29, 0.717) is 6.10 Å². The highest BCUT2D eigenvalue weighted by Gasteiger charge is 2.07. The van der Waals surface area contributed by atoms with Gasteiger partial charge in [-0.15, -0.1) is 0 Å². The fourth-order valence-electron chi connectivity index (χ4n) is 2.35. The van der Waals surface area contributed by atoms with Gasteiger partial charge in [0.2, 0.25) is 0 Å². The molecule has 1 rings (SSSR count). The Bertz CT molecular complexity index is 286. The molecule has 0 fully saturated rings. The standard InChI is InChI=1S/C18H30O/c1-3-5-14-18(15-6-4-2)19-16-10-13-17-11-8-7-9-12-17/h7-9,11-12,18H,3-6,10,13-16H2,1-2H3. The van der Waals surface area contributed by atoms with Gasteiger partial charge < -0.3 is 4.74 Å². The Balaban J connectivity index is 2.16. The van der Waals surface area contributed by atoms with Gasteiger partial charge in [-0.2, -0.15) is 0 Å². The predicted molar refractivity (Wildman–Crippen MR) is 83.6 cm³/mol. The minimum atomic E-state index is 0.496. The summed E-state index contributed by atoms with van der Waals surface area (Å²) in [6, 6.07) is 10.7. The zero-order valence-corrected chi connectivity index (χ0v) is 12.7. The van der Waals surface area contributed by atoms with Crippen molar-refractivity contribution in [2.75, 3.05) is 6.61 Å². The monoisotopic (exact) mass is 262 g/mol. The molecule has 0 radical (unpaired) electrons. The van der Waals surface area contributed by atoms with Crippen molar-refractivity contribution in [1.82, 2.24) is 0 Å². The van der Waals surface area contributed by atoms with E-state index in [-0.39, 0.29) is 0 Å². The van der Waals surface area contributed by atoms with Gasteiger partial charge in [-0.3, -0.25) is 0 Å². The molecular formula is C18H30O. The molecule has 0 bridgehead atoms. The molecule has 0 atom stereocenters. The van der Waals surface area contributed by atoms with Crippen LogP contribution in [-0.2, 0) is 11.2 Å². The maximum atomic E-state index is 6.07. The molecule has 1 aromatic rings. The van der Waals surface area contributed by atoms with Gasteiger partial charge >= 0.3 is 0 Å². The first kappa shape index (κ1) is 16.2. The maximum Gasteiger partial charge on any atom is 0.0575 e. The van der Waals surface area contributed by atoms with Crippen LogP contribution in [0.25, 0.3) is 0 Å². The van der Waals surface area contributed by atoms with Gasteiger partial charge in [0.15, 0.2) is 0 Å². The summed E-state index contributed by atoms with van der Waals surface area (Å²) in [5, 5.41) is 0. The third kappa shape index (κ3) is 8.05. The first-order chi connectivity index (χ1) is 9.36. The third-order valence-electron chi connectivity index (χ3n) is 3.57. The summed E-state index contributed by atoms with van der Waals surface area (Å²) in [5.41, 5.74) is 1.42. The third-order valence-corrected chi connectivity index (χ3v) is 3.57. The van der Waals surface area contributed by atoms with E-state index in [4.69, 9.17) is 4.74 Å². The Labute approximate surface area is 119 Å². The summed E-state index contributed by atoms with van der Waals surface area (Å²) in [6.45, 7) is 5.42. The van der Waals surface area contributed by atoms with E-state index in [1.54, 1.807) is 0 Å². The van der Waals surface area contributed by atoms with Crippen molar-refractivity contribution in [3.05, 3.63) is 35.9 Å². The molecule has 1 nitrogen and oxygen atoms in total. The Morgan fingerprint density at radius 1 is 0.895 bits per heavy atom. The van der Waals surface area contributed by atoms with Gasteiger partial charge in [0, 0.05) is 6.61 Å². The van der Waals surface area contributed by atoms with E-state index in [9.17, 15) is 0 Å². The lowest BCUT2D eigenvalue weighted by Crippen LogP contribution is -2.14. The number of hydrogen-bond donors (Lipinski definition) is 0. The van der Waals surface area contributed by atoms with Gasteiger partial charge in [0.05, 0.1) is 6.10 Å². The Hall–Kier alpha value is -0.820. The first-order valence-electron chi connectivity index (χ1n) is 8.02. The number of ether oxygens (including phenoxy) is 1. The normalized spacial score (nSPS) is 11.1. The summed E-state index contributed by atoms with van der Waals surface area (Å²) >= 11 is 0. The number of aryl methyl sites for hydroxylation is 1. The highest BCUT2D eigenvalue weighted by Crippen LogP contribution is 2.13. The van der Waals surface area contributed by atoms with Crippen LogP contribution in [-0.4, -0.2) is 12.7 Å².